The van der Waals surface area contributed by atoms with Gasteiger partial charge in [-0.3, -0.25) is 4.79 Å². The third-order valence-corrected chi connectivity index (χ3v) is 5.97. The Morgan fingerprint density at radius 1 is 1.23 bits per heavy atom. The molecule has 1 amide bonds. The van der Waals surface area contributed by atoms with Crippen molar-refractivity contribution in [2.45, 2.75) is 11.8 Å². The Balaban J connectivity index is 1.75. The number of nitrogens with one attached hydrogen (secondary N) is 2. The smallest absolute Gasteiger partial charge is 0.255 e. The van der Waals surface area contributed by atoms with Crippen molar-refractivity contribution < 1.29 is 13.2 Å². The summed E-state index contributed by atoms with van der Waals surface area (Å²) in [7, 11) is -3.60. The number of fused-ring (bicyclic) bond motifs is 1. The van der Waals surface area contributed by atoms with Gasteiger partial charge < -0.3 is 5.32 Å². The molecule has 0 unspecified atom stereocenters. The third-order valence-electron chi connectivity index (χ3n) is 3.60. The highest BCUT2D eigenvalue weighted by molar-refractivity contribution is 7.89. The molecule has 26 heavy (non-hydrogen) atoms. The molecule has 0 bridgehead atoms. The van der Waals surface area contributed by atoms with Gasteiger partial charge in [0, 0.05) is 17.8 Å². The van der Waals surface area contributed by atoms with Crippen molar-refractivity contribution in [1.29, 1.82) is 0 Å². The van der Waals surface area contributed by atoms with Crippen molar-refractivity contribution in [2.24, 2.45) is 0 Å². The highest BCUT2D eigenvalue weighted by atomic mass is 32.2. The van der Waals surface area contributed by atoms with Crippen molar-refractivity contribution in [2.75, 3.05) is 11.9 Å². The number of aromatic nitrogens is 1. The fourth-order valence-electron chi connectivity index (χ4n) is 2.36. The Hall–Kier alpha value is -2.55. The standard InChI is InChI=1S/C18H17N3O3S2/c1-3-10-19-26(23,24)15-7-4-13(5-8-15)18(22)21-14-6-9-16-17(11-14)25-12(2)20-16/h3-9,11,19H,1,10H2,2H3,(H,21,22). The number of nitrogens with zero attached hydrogens (tertiary/aromatic N) is 1. The Kier molecular flexibility index (Phi) is 5.17. The summed E-state index contributed by atoms with van der Waals surface area (Å²) in [4.78, 5) is 16.9. The summed E-state index contributed by atoms with van der Waals surface area (Å²) in [6.45, 7) is 5.55. The van der Waals surface area contributed by atoms with Gasteiger partial charge >= 0.3 is 0 Å². The molecule has 0 aliphatic rings. The minimum atomic E-state index is -3.60. The Morgan fingerprint density at radius 2 is 1.96 bits per heavy atom. The zero-order chi connectivity index (χ0) is 18.7. The van der Waals surface area contributed by atoms with Crippen LogP contribution in [0.5, 0.6) is 0 Å². The van der Waals surface area contributed by atoms with Gasteiger partial charge in [-0.2, -0.15) is 0 Å². The lowest BCUT2D eigenvalue weighted by Crippen LogP contribution is -2.23. The van der Waals surface area contributed by atoms with Gasteiger partial charge in [0.15, 0.2) is 0 Å². The second kappa shape index (κ2) is 7.36. The summed E-state index contributed by atoms with van der Waals surface area (Å²) in [5, 5.41) is 3.78. The van der Waals surface area contributed by atoms with E-state index in [9.17, 15) is 13.2 Å². The highest BCUT2D eigenvalue weighted by Crippen LogP contribution is 2.25. The summed E-state index contributed by atoms with van der Waals surface area (Å²) < 4.78 is 27.4. The first-order chi connectivity index (χ1) is 12.4. The van der Waals surface area contributed by atoms with Crippen LogP contribution in [0.15, 0.2) is 60.0 Å². The number of benzene rings is 2. The Labute approximate surface area is 155 Å². The van der Waals surface area contributed by atoms with Crippen molar-refractivity contribution in [3.05, 3.63) is 65.7 Å². The average molecular weight is 387 g/mol. The first-order valence-corrected chi connectivity index (χ1v) is 10.1. The number of carbonyl (C=O) groups excluding carboxylic acids is 1. The monoisotopic (exact) mass is 387 g/mol. The lowest BCUT2D eigenvalue weighted by molar-refractivity contribution is 0.102. The van der Waals surface area contributed by atoms with Gasteiger partial charge in [-0.25, -0.2) is 18.1 Å². The molecule has 0 aliphatic carbocycles. The fraction of sp³-hybridized carbons (Fsp3) is 0.111. The van der Waals surface area contributed by atoms with Crippen LogP contribution in [0.3, 0.4) is 0 Å². The van der Waals surface area contributed by atoms with Crippen LogP contribution >= 0.6 is 11.3 Å². The van der Waals surface area contributed by atoms with Crippen LogP contribution in [0, 0.1) is 6.92 Å². The van der Waals surface area contributed by atoms with Gasteiger partial charge in [-0.1, -0.05) is 6.08 Å². The molecular formula is C18H17N3O3S2. The molecule has 2 aromatic carbocycles. The fourth-order valence-corrected chi connectivity index (χ4v) is 4.22. The molecule has 1 aromatic heterocycles. The van der Waals surface area contributed by atoms with Crippen molar-refractivity contribution in [3.63, 3.8) is 0 Å². The minimum absolute atomic E-state index is 0.0949. The molecule has 8 heteroatoms. The lowest BCUT2D eigenvalue weighted by atomic mass is 10.2. The minimum Gasteiger partial charge on any atom is -0.322 e. The molecule has 3 aromatic rings. The maximum absolute atomic E-state index is 12.4. The predicted octanol–water partition coefficient (Wildman–Crippen LogP) is 3.32. The van der Waals surface area contributed by atoms with E-state index < -0.39 is 10.0 Å². The van der Waals surface area contributed by atoms with Gasteiger partial charge in [0.05, 0.1) is 20.1 Å². The van der Waals surface area contributed by atoms with E-state index in [0.29, 0.717) is 11.3 Å². The molecule has 0 radical (unpaired) electrons. The van der Waals surface area contributed by atoms with E-state index in [2.05, 4.69) is 21.6 Å². The average Bonchev–Trinajstić information content (AvgIpc) is 2.99. The van der Waals surface area contributed by atoms with Crippen molar-refractivity contribution in [1.82, 2.24) is 9.71 Å². The van der Waals surface area contributed by atoms with Crippen molar-refractivity contribution in [3.8, 4) is 0 Å². The normalized spacial score (nSPS) is 11.4. The summed E-state index contributed by atoms with van der Waals surface area (Å²) >= 11 is 1.56. The molecule has 0 saturated heterocycles. The molecule has 134 valence electrons. The number of sulfonamides is 1. The predicted molar refractivity (Wildman–Crippen MR) is 104 cm³/mol. The SMILES string of the molecule is C=CCNS(=O)(=O)c1ccc(C(=O)Nc2ccc3nc(C)sc3c2)cc1. The molecule has 6 nitrogen and oxygen atoms in total. The van der Waals surface area contributed by atoms with E-state index in [4.69, 9.17) is 0 Å². The maximum Gasteiger partial charge on any atom is 0.255 e. The van der Waals surface area contributed by atoms with Crippen LogP contribution in [-0.2, 0) is 10.0 Å². The first kappa shape index (κ1) is 18.2. The van der Waals surface area contributed by atoms with E-state index in [1.54, 1.807) is 17.4 Å². The van der Waals surface area contributed by atoms with Gasteiger partial charge in [0.2, 0.25) is 10.0 Å². The van der Waals surface area contributed by atoms with Crippen molar-refractivity contribution >= 4 is 43.2 Å². The number of rotatable bonds is 6. The van der Waals surface area contributed by atoms with Crippen LogP contribution in [0.4, 0.5) is 5.69 Å². The number of hydrogen-bond acceptors (Lipinski definition) is 5. The van der Waals surface area contributed by atoms with Crippen LogP contribution in [0.1, 0.15) is 15.4 Å². The Morgan fingerprint density at radius 3 is 2.65 bits per heavy atom. The molecule has 0 saturated carbocycles. The van der Waals surface area contributed by atoms with Gasteiger partial charge in [0.25, 0.3) is 5.91 Å². The number of carbonyl (C=O) groups is 1. The van der Waals surface area contributed by atoms with E-state index in [-0.39, 0.29) is 17.3 Å². The second-order valence-corrected chi connectivity index (χ2v) is 8.54. The second-order valence-electron chi connectivity index (χ2n) is 5.53. The lowest BCUT2D eigenvalue weighted by Gasteiger charge is -2.07. The molecule has 0 spiro atoms. The van der Waals surface area contributed by atoms with Crippen LogP contribution in [-0.4, -0.2) is 25.9 Å². The van der Waals surface area contributed by atoms with E-state index in [1.807, 2.05) is 19.1 Å². The third kappa shape index (κ3) is 3.98. The van der Waals surface area contributed by atoms with Gasteiger partial charge in [0.1, 0.15) is 0 Å². The topological polar surface area (TPSA) is 88.2 Å². The Bertz CT molecular complexity index is 1070. The molecule has 0 atom stereocenters. The molecule has 2 N–H and O–H groups in total. The van der Waals surface area contributed by atoms with E-state index >= 15 is 0 Å². The van der Waals surface area contributed by atoms with E-state index in [0.717, 1.165) is 15.2 Å². The molecular weight excluding hydrogens is 370 g/mol. The van der Waals surface area contributed by atoms with Gasteiger partial charge in [-0.05, 0) is 49.4 Å². The van der Waals surface area contributed by atoms with Crippen LogP contribution in [0.25, 0.3) is 10.2 Å². The first-order valence-electron chi connectivity index (χ1n) is 7.78. The molecule has 0 fully saturated rings. The van der Waals surface area contributed by atoms with Crippen LogP contribution < -0.4 is 10.0 Å². The number of thiazole rings is 1. The molecule has 3 rings (SSSR count). The van der Waals surface area contributed by atoms with Crippen LogP contribution in [0.2, 0.25) is 0 Å². The number of hydrogen-bond donors (Lipinski definition) is 2. The number of anilines is 1. The summed E-state index contributed by atoms with van der Waals surface area (Å²) in [6, 6.07) is 11.3. The number of aryl methyl sites for hydroxylation is 1. The summed E-state index contributed by atoms with van der Waals surface area (Å²) in [6.07, 6.45) is 1.46. The summed E-state index contributed by atoms with van der Waals surface area (Å²) in [5.41, 5.74) is 1.93. The zero-order valence-electron chi connectivity index (χ0n) is 14.0. The van der Waals surface area contributed by atoms with Gasteiger partial charge in [-0.15, -0.1) is 17.9 Å². The number of amides is 1. The quantitative estimate of drug-likeness (QED) is 0.635. The largest absolute Gasteiger partial charge is 0.322 e. The molecule has 1 heterocycles. The summed E-state index contributed by atoms with van der Waals surface area (Å²) in [5.74, 6) is -0.311. The zero-order valence-corrected chi connectivity index (χ0v) is 15.7. The van der Waals surface area contributed by atoms with E-state index in [1.165, 1.54) is 30.3 Å². The maximum atomic E-state index is 12.4. The molecule has 0 aliphatic heterocycles. The highest BCUT2D eigenvalue weighted by Gasteiger charge is 2.14.